The van der Waals surface area contributed by atoms with Gasteiger partial charge in [0, 0.05) is 24.6 Å². The molecule has 0 saturated heterocycles. The lowest BCUT2D eigenvalue weighted by atomic mass is 9.85. The Hall–Kier alpha value is -4.02. The van der Waals surface area contributed by atoms with Gasteiger partial charge in [0.25, 0.3) is 5.91 Å². The van der Waals surface area contributed by atoms with Crippen LogP contribution in [0, 0.1) is 19.8 Å². The molecule has 4 aromatic rings. The molecule has 42 heavy (non-hydrogen) atoms. The quantitative estimate of drug-likeness (QED) is 0.169. The molecule has 0 aliphatic heterocycles. The predicted molar refractivity (Wildman–Crippen MR) is 171 cm³/mol. The smallest absolute Gasteiger partial charge is 0.254 e. The summed E-state index contributed by atoms with van der Waals surface area (Å²) in [7, 11) is 1.80. The maximum absolute atomic E-state index is 13.7. The van der Waals surface area contributed by atoms with E-state index in [9.17, 15) is 14.7 Å². The van der Waals surface area contributed by atoms with Crippen LogP contribution in [-0.2, 0) is 12.8 Å². The minimum atomic E-state index is -0.609. The number of nitrogens with zero attached hydrogens (tertiary/aromatic N) is 1. The van der Waals surface area contributed by atoms with E-state index in [-0.39, 0.29) is 30.1 Å². The van der Waals surface area contributed by atoms with Crippen molar-refractivity contribution in [2.45, 2.75) is 65.0 Å². The second kappa shape index (κ2) is 14.7. The van der Waals surface area contributed by atoms with Crippen LogP contribution in [0.15, 0.2) is 103 Å². The maximum atomic E-state index is 13.7. The van der Waals surface area contributed by atoms with Gasteiger partial charge in [0.05, 0.1) is 12.1 Å². The SMILES string of the molecule is Cc1cccc(CCC[C@@H](O)[C@@H](CC(=O)c2cc(C)cc(C(=O)N(C)[C@H](C)c3ccccc3)c2)Cc2ccccc2)c1. The van der Waals surface area contributed by atoms with Crippen molar-refractivity contribution in [3.63, 3.8) is 0 Å². The first-order valence-corrected chi connectivity index (χ1v) is 15.0. The largest absolute Gasteiger partial charge is 0.393 e. The highest BCUT2D eigenvalue weighted by atomic mass is 16.3. The second-order valence-electron chi connectivity index (χ2n) is 11.6. The highest BCUT2D eigenvalue weighted by molar-refractivity contribution is 6.01. The molecule has 0 bridgehead atoms. The van der Waals surface area contributed by atoms with Crippen molar-refractivity contribution in [2.24, 2.45) is 5.92 Å². The van der Waals surface area contributed by atoms with E-state index in [0.29, 0.717) is 24.0 Å². The summed E-state index contributed by atoms with van der Waals surface area (Å²) in [5, 5.41) is 11.3. The molecule has 1 N–H and O–H groups in total. The molecule has 4 aromatic carbocycles. The van der Waals surface area contributed by atoms with Gasteiger partial charge in [-0.2, -0.15) is 0 Å². The van der Waals surface area contributed by atoms with Gasteiger partial charge in [0.1, 0.15) is 0 Å². The number of aliphatic hydroxyl groups is 1. The topological polar surface area (TPSA) is 57.6 Å². The second-order valence-corrected chi connectivity index (χ2v) is 11.6. The zero-order valence-corrected chi connectivity index (χ0v) is 25.3. The minimum absolute atomic E-state index is 0.0508. The van der Waals surface area contributed by atoms with Crippen LogP contribution >= 0.6 is 0 Å². The lowest BCUT2D eigenvalue weighted by molar-refractivity contribution is 0.0740. The third-order valence-electron chi connectivity index (χ3n) is 8.21. The zero-order valence-electron chi connectivity index (χ0n) is 25.3. The highest BCUT2D eigenvalue weighted by Gasteiger charge is 2.25. The fourth-order valence-corrected chi connectivity index (χ4v) is 5.64. The van der Waals surface area contributed by atoms with Gasteiger partial charge in [-0.15, -0.1) is 0 Å². The molecule has 0 aliphatic rings. The number of benzene rings is 4. The Morgan fingerprint density at radius 1 is 0.762 bits per heavy atom. The minimum Gasteiger partial charge on any atom is -0.393 e. The zero-order chi connectivity index (χ0) is 30.1. The molecule has 0 heterocycles. The summed E-state index contributed by atoms with van der Waals surface area (Å²) in [6, 6.07) is 33.7. The Bertz CT molecular complexity index is 1460. The Kier molecular flexibility index (Phi) is 10.9. The third-order valence-corrected chi connectivity index (χ3v) is 8.21. The Balaban J connectivity index is 1.48. The van der Waals surface area contributed by atoms with Crippen molar-refractivity contribution in [3.8, 4) is 0 Å². The average molecular weight is 562 g/mol. The summed E-state index contributed by atoms with van der Waals surface area (Å²) in [4.78, 5) is 28.9. The molecule has 0 saturated carbocycles. The molecule has 3 atom stereocenters. The maximum Gasteiger partial charge on any atom is 0.254 e. The molecule has 4 rings (SSSR count). The van der Waals surface area contributed by atoms with E-state index >= 15 is 0 Å². The van der Waals surface area contributed by atoms with E-state index in [4.69, 9.17) is 0 Å². The Morgan fingerprint density at radius 2 is 1.40 bits per heavy atom. The monoisotopic (exact) mass is 561 g/mol. The lowest BCUT2D eigenvalue weighted by Crippen LogP contribution is -2.30. The number of aliphatic hydroxyl groups excluding tert-OH is 1. The van der Waals surface area contributed by atoms with Crippen molar-refractivity contribution < 1.29 is 14.7 Å². The van der Waals surface area contributed by atoms with Gasteiger partial charge in [-0.3, -0.25) is 9.59 Å². The van der Waals surface area contributed by atoms with Gasteiger partial charge in [0.2, 0.25) is 0 Å². The van der Waals surface area contributed by atoms with Crippen molar-refractivity contribution in [1.82, 2.24) is 4.90 Å². The van der Waals surface area contributed by atoms with Crippen molar-refractivity contribution in [2.75, 3.05) is 7.05 Å². The fourth-order valence-electron chi connectivity index (χ4n) is 5.64. The molecule has 0 aliphatic carbocycles. The summed E-state index contributed by atoms with van der Waals surface area (Å²) >= 11 is 0. The molecular weight excluding hydrogens is 518 g/mol. The van der Waals surface area contributed by atoms with E-state index < -0.39 is 6.10 Å². The summed E-state index contributed by atoms with van der Waals surface area (Å²) in [5.74, 6) is -0.399. The van der Waals surface area contributed by atoms with Crippen LogP contribution in [0.2, 0.25) is 0 Å². The van der Waals surface area contributed by atoms with Crippen LogP contribution < -0.4 is 0 Å². The normalized spacial score (nSPS) is 13.3. The summed E-state index contributed by atoms with van der Waals surface area (Å²) in [5.41, 5.74) is 6.54. The van der Waals surface area contributed by atoms with Crippen molar-refractivity contribution in [1.29, 1.82) is 0 Å². The van der Waals surface area contributed by atoms with E-state index in [2.05, 4.69) is 31.2 Å². The average Bonchev–Trinajstić information content (AvgIpc) is 3.00. The van der Waals surface area contributed by atoms with Crippen LogP contribution in [-0.4, -0.2) is 34.8 Å². The first kappa shape index (κ1) is 30.9. The van der Waals surface area contributed by atoms with E-state index in [1.54, 1.807) is 18.0 Å². The molecule has 4 nitrogen and oxygen atoms in total. The van der Waals surface area contributed by atoms with E-state index in [1.807, 2.05) is 86.6 Å². The first-order chi connectivity index (χ1) is 20.2. The molecule has 0 radical (unpaired) electrons. The fraction of sp³-hybridized carbons (Fsp3) is 0.316. The van der Waals surface area contributed by atoms with Crippen LogP contribution in [0.5, 0.6) is 0 Å². The number of aryl methyl sites for hydroxylation is 3. The van der Waals surface area contributed by atoms with Gasteiger partial charge in [-0.1, -0.05) is 90.5 Å². The van der Waals surface area contributed by atoms with Gasteiger partial charge < -0.3 is 10.0 Å². The van der Waals surface area contributed by atoms with Gasteiger partial charge in [-0.05, 0) is 92.8 Å². The standard InChI is InChI=1S/C38H43NO3/c1-27-13-11-16-30(21-27)17-12-20-36(40)34(24-31-14-7-5-8-15-31)26-37(41)33-22-28(2)23-35(25-33)38(42)39(4)29(3)32-18-9-6-10-19-32/h5-11,13-16,18-19,21-23,25,29,34,36,40H,12,17,20,24,26H2,1-4H3/t29-,34-,36-/m1/s1. The number of ketones is 1. The number of Topliss-reactive ketones (excluding diaryl/α,β-unsaturated/α-hetero) is 1. The van der Waals surface area contributed by atoms with E-state index in [0.717, 1.165) is 29.5 Å². The summed E-state index contributed by atoms with van der Waals surface area (Å²) < 4.78 is 0. The van der Waals surface area contributed by atoms with Crippen LogP contribution in [0.25, 0.3) is 0 Å². The highest BCUT2D eigenvalue weighted by Crippen LogP contribution is 2.25. The number of hydrogen-bond donors (Lipinski definition) is 1. The third kappa shape index (κ3) is 8.50. The van der Waals surface area contributed by atoms with Crippen molar-refractivity contribution in [3.05, 3.63) is 142 Å². The number of carbonyl (C=O) groups excluding carboxylic acids is 2. The lowest BCUT2D eigenvalue weighted by Gasteiger charge is -2.26. The first-order valence-electron chi connectivity index (χ1n) is 15.0. The summed E-state index contributed by atoms with van der Waals surface area (Å²) in [6.45, 7) is 6.01. The van der Waals surface area contributed by atoms with Crippen LogP contribution in [0.1, 0.15) is 80.8 Å². The molecular formula is C38H43NO3. The molecule has 0 aromatic heterocycles. The molecule has 0 fully saturated rings. The Labute approximate surface area is 251 Å². The molecule has 1 amide bonds. The van der Waals surface area contributed by atoms with Crippen LogP contribution in [0.3, 0.4) is 0 Å². The molecule has 0 unspecified atom stereocenters. The van der Waals surface area contributed by atoms with Crippen molar-refractivity contribution >= 4 is 11.7 Å². The van der Waals surface area contributed by atoms with Gasteiger partial charge in [-0.25, -0.2) is 0 Å². The predicted octanol–water partition coefficient (Wildman–Crippen LogP) is 7.95. The number of carbonyl (C=O) groups is 2. The number of amides is 1. The number of hydrogen-bond acceptors (Lipinski definition) is 3. The number of rotatable bonds is 13. The molecule has 0 spiro atoms. The Morgan fingerprint density at radius 3 is 2.10 bits per heavy atom. The molecule has 4 heteroatoms. The molecule has 218 valence electrons. The van der Waals surface area contributed by atoms with Gasteiger partial charge in [0.15, 0.2) is 5.78 Å². The van der Waals surface area contributed by atoms with Gasteiger partial charge >= 0.3 is 0 Å². The summed E-state index contributed by atoms with van der Waals surface area (Å²) in [6.07, 6.45) is 2.59. The van der Waals surface area contributed by atoms with E-state index in [1.165, 1.54) is 11.1 Å². The van der Waals surface area contributed by atoms with Crippen LogP contribution in [0.4, 0.5) is 0 Å².